The van der Waals surface area contributed by atoms with E-state index in [1.54, 1.807) is 54.8 Å². The number of carboxylic acid groups (broad SMARTS) is 1. The maximum absolute atomic E-state index is 14.8. The molecule has 0 saturated carbocycles. The fourth-order valence-corrected chi connectivity index (χ4v) is 5.30. The van der Waals surface area contributed by atoms with Crippen molar-refractivity contribution in [1.29, 1.82) is 0 Å². The average Bonchev–Trinajstić information content (AvgIpc) is 3.16. The number of fused-ring (bicyclic) bond motifs is 1. The van der Waals surface area contributed by atoms with E-state index < -0.39 is 23.6 Å². The van der Waals surface area contributed by atoms with E-state index in [4.69, 9.17) is 11.6 Å². The van der Waals surface area contributed by atoms with Gasteiger partial charge in [0.25, 0.3) is 5.91 Å². The molecule has 0 aromatic heterocycles. The molecule has 2 aliphatic heterocycles. The quantitative estimate of drug-likeness (QED) is 0.288. The molecule has 1 saturated heterocycles. The number of piperazine rings is 1. The average molecular weight is 616 g/mol. The fourth-order valence-electron chi connectivity index (χ4n) is 5.13. The van der Waals surface area contributed by atoms with Gasteiger partial charge in [-0.15, -0.1) is 0 Å². The molecular weight excluding hydrogens is 588 g/mol. The molecule has 1 fully saturated rings. The lowest BCUT2D eigenvalue weighted by Gasteiger charge is -2.33. The number of rotatable bonds is 8. The molecule has 1 amide bonds. The number of allylic oxidation sites excluding steroid dienone is 2. The number of carbonyl (C=O) groups excluding carboxylic acids is 1. The van der Waals surface area contributed by atoms with Crippen LogP contribution in [0.5, 0.6) is 0 Å². The summed E-state index contributed by atoms with van der Waals surface area (Å²) < 4.78 is 29.7. The molecule has 8 nitrogen and oxygen atoms in total. The third-order valence-electron chi connectivity index (χ3n) is 7.27. The second kappa shape index (κ2) is 13.2. The highest BCUT2D eigenvalue weighted by molar-refractivity contribution is 6.31. The maximum Gasteiger partial charge on any atom is 0.327 e. The summed E-state index contributed by atoms with van der Waals surface area (Å²) in [4.78, 5) is 34.9. The van der Waals surface area contributed by atoms with Crippen molar-refractivity contribution in [3.8, 4) is 0 Å². The van der Waals surface area contributed by atoms with Crippen LogP contribution >= 0.6 is 11.6 Å². The first-order chi connectivity index (χ1) is 21.2. The lowest BCUT2D eigenvalue weighted by Crippen LogP contribution is -2.56. The molecule has 0 aliphatic carbocycles. The number of anilines is 1. The van der Waals surface area contributed by atoms with Crippen molar-refractivity contribution >= 4 is 46.7 Å². The largest absolute Gasteiger partial charge is 0.480 e. The maximum atomic E-state index is 14.8. The molecule has 224 valence electrons. The minimum atomic E-state index is -1.06. The Bertz CT molecular complexity index is 1730. The van der Waals surface area contributed by atoms with Crippen LogP contribution in [0.1, 0.15) is 27.0 Å². The zero-order valence-corrected chi connectivity index (χ0v) is 24.2. The normalized spacial score (nSPS) is 16.7. The van der Waals surface area contributed by atoms with Crippen LogP contribution in [-0.2, 0) is 4.79 Å². The van der Waals surface area contributed by atoms with Crippen molar-refractivity contribution in [2.45, 2.75) is 6.04 Å². The molecule has 3 aromatic carbocycles. The lowest BCUT2D eigenvalue weighted by molar-refractivity contribution is -0.142. The minimum Gasteiger partial charge on any atom is -0.480 e. The minimum absolute atomic E-state index is 0.0493. The summed E-state index contributed by atoms with van der Waals surface area (Å²) in [7, 11) is 0. The Morgan fingerprint density at radius 2 is 1.84 bits per heavy atom. The number of hydrogen-bond donors (Lipinski definition) is 3. The smallest absolute Gasteiger partial charge is 0.327 e. The van der Waals surface area contributed by atoms with Gasteiger partial charge in [-0.3, -0.25) is 9.79 Å². The van der Waals surface area contributed by atoms with Crippen LogP contribution in [0.4, 0.5) is 14.5 Å². The summed E-state index contributed by atoms with van der Waals surface area (Å²) in [6.45, 7) is 8.94. The van der Waals surface area contributed by atoms with Gasteiger partial charge < -0.3 is 20.6 Å². The number of carboxylic acids is 1. The molecule has 0 bridgehead atoms. The molecule has 2 heterocycles. The Hall–Kier alpha value is -4.93. The first-order valence-electron chi connectivity index (χ1n) is 13.7. The van der Waals surface area contributed by atoms with Gasteiger partial charge in [0.05, 0.1) is 17.8 Å². The summed E-state index contributed by atoms with van der Waals surface area (Å²) in [5.74, 6) is -2.64. The van der Waals surface area contributed by atoms with Gasteiger partial charge in [-0.2, -0.15) is 0 Å². The number of aliphatic carboxylic acids is 1. The molecule has 11 heteroatoms. The Balaban J connectivity index is 1.36. The van der Waals surface area contributed by atoms with Crippen molar-refractivity contribution in [2.75, 3.05) is 31.5 Å². The van der Waals surface area contributed by atoms with E-state index in [9.17, 15) is 23.5 Å². The number of benzene rings is 3. The Labute approximate surface area is 257 Å². The molecule has 44 heavy (non-hydrogen) atoms. The number of amides is 1. The van der Waals surface area contributed by atoms with Crippen LogP contribution in [0.3, 0.4) is 0 Å². The summed E-state index contributed by atoms with van der Waals surface area (Å²) in [5.41, 5.74) is 3.23. The predicted octanol–water partition coefficient (Wildman–Crippen LogP) is 5.56. The van der Waals surface area contributed by atoms with Crippen LogP contribution in [0, 0.1) is 11.6 Å². The number of hydrogen-bond acceptors (Lipinski definition) is 6. The highest BCUT2D eigenvalue weighted by atomic mass is 35.5. The summed E-state index contributed by atoms with van der Waals surface area (Å²) in [5, 5.41) is 15.9. The number of nitrogens with zero attached hydrogens (tertiary/aromatic N) is 3. The van der Waals surface area contributed by atoms with Crippen LogP contribution < -0.4 is 10.6 Å². The lowest BCUT2D eigenvalue weighted by atomic mass is 9.92. The molecule has 0 radical (unpaired) electrons. The third kappa shape index (κ3) is 6.36. The van der Waals surface area contributed by atoms with Crippen LogP contribution in [-0.4, -0.2) is 66.0 Å². The Morgan fingerprint density at radius 3 is 2.52 bits per heavy atom. The van der Waals surface area contributed by atoms with Crippen molar-refractivity contribution in [2.24, 2.45) is 9.98 Å². The van der Waals surface area contributed by atoms with Crippen LogP contribution in [0.2, 0.25) is 5.02 Å². The summed E-state index contributed by atoms with van der Waals surface area (Å²) in [6.07, 6.45) is 3.19. The van der Waals surface area contributed by atoms with Gasteiger partial charge in [0.2, 0.25) is 0 Å². The molecule has 1 atom stereocenters. The summed E-state index contributed by atoms with van der Waals surface area (Å²) in [6, 6.07) is 14.3. The first-order valence-corrected chi connectivity index (χ1v) is 14.0. The number of carbonyl (C=O) groups is 2. The van der Waals surface area contributed by atoms with E-state index in [1.807, 2.05) is 0 Å². The predicted molar refractivity (Wildman–Crippen MR) is 168 cm³/mol. The number of nitrogens with one attached hydrogen (secondary N) is 2. The topological polar surface area (TPSA) is 106 Å². The van der Waals surface area contributed by atoms with Crippen molar-refractivity contribution in [3.05, 3.63) is 130 Å². The van der Waals surface area contributed by atoms with E-state index in [0.717, 1.165) is 0 Å². The molecule has 3 aromatic rings. The third-order valence-corrected chi connectivity index (χ3v) is 7.51. The number of aliphatic imine (C=N–C) groups is 2. The molecule has 2 aliphatic rings. The SMILES string of the molecule is C=CC1=C(C=NC(=C)Nc2ccc(C(=O)N3CCNCC3C(=O)O)cc2)CN=C(c2c(F)cccc2F)c2cc(Cl)ccc21. The van der Waals surface area contributed by atoms with Crippen molar-refractivity contribution in [3.63, 3.8) is 0 Å². The number of halogens is 3. The molecule has 3 N–H and O–H groups in total. The standard InChI is InChI=1S/C33H28ClF2N5O3/c1-3-24-21(17-39-31(26-15-22(34)9-12-25(24)26)30-27(35)5-4-6-28(30)36)16-38-19(2)40-23-10-7-20(8-11-23)32(42)41-14-13-37-18-29(41)33(43)44/h3-12,15-16,29,37,40H,1-2,13-14,17-18H2,(H,43,44). The molecular formula is C33H28ClF2N5O3. The highest BCUT2D eigenvalue weighted by Crippen LogP contribution is 2.32. The molecule has 1 unspecified atom stereocenters. The van der Waals surface area contributed by atoms with E-state index in [1.165, 1.54) is 23.1 Å². The summed E-state index contributed by atoms with van der Waals surface area (Å²) >= 11 is 6.28. The van der Waals surface area contributed by atoms with Crippen molar-refractivity contribution < 1.29 is 23.5 Å². The van der Waals surface area contributed by atoms with E-state index in [0.29, 0.717) is 51.6 Å². The zero-order chi connectivity index (χ0) is 31.4. The second-order valence-corrected chi connectivity index (χ2v) is 10.5. The van der Waals surface area contributed by atoms with Gasteiger partial charge in [-0.25, -0.2) is 18.6 Å². The molecule has 0 spiro atoms. The Kier molecular flexibility index (Phi) is 9.12. The first kappa shape index (κ1) is 30.5. The zero-order valence-electron chi connectivity index (χ0n) is 23.5. The van der Waals surface area contributed by atoms with Gasteiger partial charge in [0.1, 0.15) is 23.5 Å². The van der Waals surface area contributed by atoms with Crippen LogP contribution in [0.15, 0.2) is 101 Å². The van der Waals surface area contributed by atoms with Gasteiger partial charge in [-0.1, -0.05) is 43.0 Å². The van der Waals surface area contributed by atoms with E-state index in [2.05, 4.69) is 33.8 Å². The van der Waals surface area contributed by atoms with Gasteiger partial charge in [-0.05, 0) is 65.2 Å². The molecule has 5 rings (SSSR count). The Morgan fingerprint density at radius 1 is 1.11 bits per heavy atom. The van der Waals surface area contributed by atoms with E-state index in [-0.39, 0.29) is 36.1 Å². The van der Waals surface area contributed by atoms with E-state index >= 15 is 0 Å². The monoisotopic (exact) mass is 615 g/mol. The van der Waals surface area contributed by atoms with Crippen molar-refractivity contribution in [1.82, 2.24) is 10.2 Å². The fraction of sp³-hybridized carbons (Fsp3) is 0.152. The van der Waals surface area contributed by atoms with Crippen LogP contribution in [0.25, 0.3) is 5.57 Å². The second-order valence-electron chi connectivity index (χ2n) is 10.1. The highest BCUT2D eigenvalue weighted by Gasteiger charge is 2.32. The van der Waals surface area contributed by atoms with Gasteiger partial charge in [0.15, 0.2) is 0 Å². The van der Waals surface area contributed by atoms with Gasteiger partial charge in [0, 0.05) is 47.7 Å². The van der Waals surface area contributed by atoms with Gasteiger partial charge >= 0.3 is 5.97 Å².